The number of carbonyl (C=O) groups is 2. The Kier molecular flexibility index (Phi) is 9.23. The second kappa shape index (κ2) is 13.4. The second-order valence-corrected chi connectivity index (χ2v) is 8.62. The topological polar surface area (TPSA) is 118 Å². The third-order valence-electron chi connectivity index (χ3n) is 5.56. The number of aryl methyl sites for hydroxylation is 1. The van der Waals surface area contributed by atoms with E-state index in [1.807, 2.05) is 79.7 Å². The molecule has 9 nitrogen and oxygen atoms in total. The lowest BCUT2D eigenvalue weighted by atomic mass is 10.1. The molecule has 38 heavy (non-hydrogen) atoms. The Morgan fingerprint density at radius 2 is 1.79 bits per heavy atom. The fraction of sp³-hybridized carbons (Fsp3) is 0.172. The number of ether oxygens (including phenoxy) is 2. The molecule has 4 aromatic rings. The summed E-state index contributed by atoms with van der Waals surface area (Å²) in [6.45, 7) is 2.61. The van der Waals surface area contributed by atoms with E-state index in [-0.39, 0.29) is 13.0 Å². The summed E-state index contributed by atoms with van der Waals surface area (Å²) < 4.78 is 11.1. The van der Waals surface area contributed by atoms with Gasteiger partial charge in [0, 0.05) is 18.3 Å². The maximum atomic E-state index is 12.8. The van der Waals surface area contributed by atoms with Crippen LogP contribution >= 0.6 is 0 Å². The molecule has 0 aliphatic carbocycles. The Hall–Kier alpha value is -4.92. The molecule has 2 amide bonds. The van der Waals surface area contributed by atoms with Crippen molar-refractivity contribution < 1.29 is 19.1 Å². The van der Waals surface area contributed by atoms with Crippen LogP contribution in [-0.2, 0) is 29.2 Å². The van der Waals surface area contributed by atoms with E-state index in [4.69, 9.17) is 9.47 Å². The lowest BCUT2D eigenvalue weighted by molar-refractivity contribution is -0.123. The minimum atomic E-state index is -0.923. The number of aromatic nitrogens is 2. The number of aromatic amines is 1. The van der Waals surface area contributed by atoms with Crippen molar-refractivity contribution in [2.75, 3.05) is 0 Å². The van der Waals surface area contributed by atoms with E-state index in [1.54, 1.807) is 6.20 Å². The summed E-state index contributed by atoms with van der Waals surface area (Å²) >= 11 is 0. The molecule has 0 fully saturated rings. The van der Waals surface area contributed by atoms with Crippen LogP contribution in [0, 0.1) is 6.92 Å². The van der Waals surface area contributed by atoms with E-state index in [9.17, 15) is 9.59 Å². The van der Waals surface area contributed by atoms with Crippen LogP contribution in [-0.4, -0.2) is 34.2 Å². The molecule has 194 valence electrons. The average molecular weight is 512 g/mol. The van der Waals surface area contributed by atoms with Gasteiger partial charge in [-0.25, -0.2) is 15.2 Å². The van der Waals surface area contributed by atoms with Crippen molar-refractivity contribution in [3.05, 3.63) is 119 Å². The van der Waals surface area contributed by atoms with Gasteiger partial charge in [-0.3, -0.25) is 4.79 Å². The summed E-state index contributed by atoms with van der Waals surface area (Å²) in [4.78, 5) is 32.1. The van der Waals surface area contributed by atoms with Crippen LogP contribution in [0.3, 0.4) is 0 Å². The van der Waals surface area contributed by atoms with Crippen LogP contribution in [0.2, 0.25) is 0 Å². The maximum absolute atomic E-state index is 12.8. The first-order valence-corrected chi connectivity index (χ1v) is 12.1. The number of benzene rings is 3. The Labute approximate surface area is 220 Å². The number of rotatable bonds is 11. The van der Waals surface area contributed by atoms with Gasteiger partial charge in [0.15, 0.2) is 0 Å². The molecule has 0 spiro atoms. The lowest BCUT2D eigenvalue weighted by Crippen LogP contribution is -2.47. The van der Waals surface area contributed by atoms with E-state index >= 15 is 0 Å². The molecule has 0 saturated heterocycles. The molecule has 0 aliphatic heterocycles. The summed E-state index contributed by atoms with van der Waals surface area (Å²) in [7, 11) is 0. The van der Waals surface area contributed by atoms with Crippen molar-refractivity contribution in [3.8, 4) is 5.75 Å². The third-order valence-corrected chi connectivity index (χ3v) is 5.56. The van der Waals surface area contributed by atoms with Crippen molar-refractivity contribution in [2.24, 2.45) is 5.10 Å². The number of imidazole rings is 1. The predicted octanol–water partition coefficient (Wildman–Crippen LogP) is 4.28. The zero-order valence-corrected chi connectivity index (χ0v) is 21.0. The molecule has 4 rings (SSSR count). The zero-order valence-electron chi connectivity index (χ0n) is 21.0. The molecule has 0 aliphatic rings. The quantitative estimate of drug-likeness (QED) is 0.205. The molecule has 1 aromatic heterocycles. The van der Waals surface area contributed by atoms with Crippen LogP contribution in [0.25, 0.3) is 0 Å². The van der Waals surface area contributed by atoms with Gasteiger partial charge in [0.05, 0.1) is 12.5 Å². The predicted molar refractivity (Wildman–Crippen MR) is 144 cm³/mol. The fourth-order valence-electron chi connectivity index (χ4n) is 3.60. The number of alkyl carbamates (subject to hydrolysis) is 1. The van der Waals surface area contributed by atoms with E-state index in [2.05, 4.69) is 31.9 Å². The Morgan fingerprint density at radius 1 is 1.00 bits per heavy atom. The molecule has 0 radical (unpaired) electrons. The van der Waals surface area contributed by atoms with Gasteiger partial charge in [-0.2, -0.15) is 5.10 Å². The summed E-state index contributed by atoms with van der Waals surface area (Å²) in [6.07, 6.45) is 4.09. The number of H-pyrrole nitrogens is 1. The average Bonchev–Trinajstić information content (AvgIpc) is 3.45. The third kappa shape index (κ3) is 8.34. The highest BCUT2D eigenvalue weighted by Gasteiger charge is 2.22. The number of nitrogens with zero attached hydrogens (tertiary/aromatic N) is 2. The first kappa shape index (κ1) is 26.2. The highest BCUT2D eigenvalue weighted by atomic mass is 16.5. The molecule has 1 heterocycles. The van der Waals surface area contributed by atoms with Gasteiger partial charge in [0.1, 0.15) is 25.0 Å². The van der Waals surface area contributed by atoms with Crippen molar-refractivity contribution in [1.82, 2.24) is 20.7 Å². The SMILES string of the molecule is Cc1cccc(COc2ccc(/C=N\NC(=O)[C@@H](Cc3cnc[nH]3)NC(=O)OCc3ccccc3)cc2)c1. The number of amides is 2. The highest BCUT2D eigenvalue weighted by Crippen LogP contribution is 2.14. The van der Waals surface area contributed by atoms with E-state index < -0.39 is 18.0 Å². The van der Waals surface area contributed by atoms with E-state index in [0.29, 0.717) is 12.3 Å². The molecule has 3 N–H and O–H groups in total. The van der Waals surface area contributed by atoms with Crippen molar-refractivity contribution in [1.29, 1.82) is 0 Å². The molecule has 9 heteroatoms. The van der Waals surface area contributed by atoms with Gasteiger partial charge >= 0.3 is 6.09 Å². The number of hydrazone groups is 1. The number of nitrogens with one attached hydrogen (secondary N) is 3. The summed E-state index contributed by atoms with van der Waals surface area (Å²) in [6, 6.07) is 23.9. The van der Waals surface area contributed by atoms with E-state index in [1.165, 1.54) is 18.1 Å². The van der Waals surface area contributed by atoms with Crippen molar-refractivity contribution in [2.45, 2.75) is 32.6 Å². The maximum Gasteiger partial charge on any atom is 0.408 e. The normalized spacial score (nSPS) is 11.6. The largest absolute Gasteiger partial charge is 0.489 e. The van der Waals surface area contributed by atoms with Gasteiger partial charge in [0.25, 0.3) is 5.91 Å². The van der Waals surface area contributed by atoms with Crippen LogP contribution in [0.4, 0.5) is 4.79 Å². The monoisotopic (exact) mass is 511 g/mol. The van der Waals surface area contributed by atoms with Gasteiger partial charge in [-0.15, -0.1) is 0 Å². The number of hydrogen-bond acceptors (Lipinski definition) is 6. The minimum absolute atomic E-state index is 0.0912. The molecule has 0 unspecified atom stereocenters. The van der Waals surface area contributed by atoms with Crippen LogP contribution in [0.5, 0.6) is 5.75 Å². The Bertz CT molecular complexity index is 1340. The van der Waals surface area contributed by atoms with Gasteiger partial charge in [-0.05, 0) is 47.9 Å². The van der Waals surface area contributed by atoms with Crippen LogP contribution in [0.1, 0.15) is 27.9 Å². The van der Waals surface area contributed by atoms with E-state index in [0.717, 1.165) is 22.4 Å². The summed E-state index contributed by atoms with van der Waals surface area (Å²) in [5, 5.41) is 6.64. The minimum Gasteiger partial charge on any atom is -0.489 e. The second-order valence-electron chi connectivity index (χ2n) is 8.62. The Morgan fingerprint density at radius 3 is 2.53 bits per heavy atom. The standard InChI is InChI=1S/C29H29N5O4/c1-21-6-5-9-24(14-21)19-37-26-12-10-22(11-13-26)16-32-34-28(35)27(15-25-17-30-20-31-25)33-29(36)38-18-23-7-3-2-4-8-23/h2-14,16-17,20,27H,15,18-19H2,1H3,(H,30,31)(H,33,36)(H,34,35)/b32-16-/t27-/m1/s1. The molecule has 3 aromatic carbocycles. The Balaban J connectivity index is 1.29. The molecule has 0 saturated carbocycles. The van der Waals surface area contributed by atoms with Crippen LogP contribution in [0.15, 0.2) is 96.5 Å². The molecular weight excluding hydrogens is 482 g/mol. The van der Waals surface area contributed by atoms with Gasteiger partial charge in [-0.1, -0.05) is 60.2 Å². The van der Waals surface area contributed by atoms with Gasteiger partial charge in [0.2, 0.25) is 0 Å². The van der Waals surface area contributed by atoms with Crippen molar-refractivity contribution in [3.63, 3.8) is 0 Å². The summed E-state index contributed by atoms with van der Waals surface area (Å²) in [5.41, 5.74) is 7.06. The number of carbonyl (C=O) groups excluding carboxylic acids is 2. The lowest BCUT2D eigenvalue weighted by Gasteiger charge is -2.16. The first-order chi connectivity index (χ1) is 18.5. The smallest absolute Gasteiger partial charge is 0.408 e. The molecule has 0 bridgehead atoms. The first-order valence-electron chi connectivity index (χ1n) is 12.1. The zero-order chi connectivity index (χ0) is 26.6. The molecular formula is C29H29N5O4. The van der Waals surface area contributed by atoms with Gasteiger partial charge < -0.3 is 19.8 Å². The fourth-order valence-corrected chi connectivity index (χ4v) is 3.60. The van der Waals surface area contributed by atoms with Crippen molar-refractivity contribution >= 4 is 18.2 Å². The summed E-state index contributed by atoms with van der Waals surface area (Å²) in [5.74, 6) is 0.233. The molecule has 1 atom stereocenters. The van der Waals surface area contributed by atoms with Crippen LogP contribution < -0.4 is 15.5 Å². The number of hydrogen-bond donors (Lipinski definition) is 3. The highest BCUT2D eigenvalue weighted by molar-refractivity contribution is 5.87.